The third-order valence-corrected chi connectivity index (χ3v) is 11.8. The van der Waals surface area contributed by atoms with Crippen LogP contribution in [0.4, 0.5) is 17.1 Å². The second kappa shape index (κ2) is 27.5. The molecule has 6 aromatic carbocycles. The van der Waals surface area contributed by atoms with Crippen LogP contribution in [0.3, 0.4) is 0 Å². The number of anilines is 2. The normalized spacial score (nSPS) is 11.4. The van der Waals surface area contributed by atoms with Crippen molar-refractivity contribution in [3.05, 3.63) is 188 Å². The first-order valence-corrected chi connectivity index (χ1v) is 28.0. The highest BCUT2D eigenvalue weighted by atomic mass is 36.0. The van der Waals surface area contributed by atoms with E-state index in [9.17, 15) is 37.5 Å². The number of non-ortho nitro benzene ring substituents is 1. The molecule has 14 nitrogen and oxygen atoms in total. The van der Waals surface area contributed by atoms with Crippen LogP contribution in [0, 0.1) is 17.0 Å². The largest absolute Gasteiger partial charge is 0.491 e. The Morgan fingerprint density at radius 1 is 0.743 bits per heavy atom. The zero-order valence-corrected chi connectivity index (χ0v) is 43.1. The number of unbranched alkanes of at least 4 members (excludes halogenated alkanes) is 5. The average molecular weight is 1070 g/mol. The first kappa shape index (κ1) is 56.7. The molecule has 20 heteroatoms. The maximum Gasteiger partial charge on any atom is 0.339 e. The first-order valence-electron chi connectivity index (χ1n) is 21.7. The predicted molar refractivity (Wildman–Crippen MR) is 279 cm³/mol. The van der Waals surface area contributed by atoms with E-state index in [2.05, 4.69) is 50.7 Å². The number of ether oxygens (including phenoxy) is 2. The summed E-state index contributed by atoms with van der Waals surface area (Å²) in [6.45, 7) is 4.79. The number of sulfonamides is 1. The molecule has 0 spiro atoms. The zero-order chi connectivity index (χ0) is 51.4. The number of amides is 1. The summed E-state index contributed by atoms with van der Waals surface area (Å²) in [5.74, 6) is -0.433. The highest BCUT2D eigenvalue weighted by Gasteiger charge is 2.36. The van der Waals surface area contributed by atoms with E-state index in [-0.39, 0.29) is 55.9 Å². The SMILES string of the molecule is CCCCCCCCOc1cc(NS(=O)(=O)c2ccc(C)cc2)c2c(c1N)C(=O)c1ccccc1C2=O.CNC(=O)c1cc(Cl)ccc1OCc1ccccc1.O=P(Cl)(Cl)Cl.O=[N+]([O-])c1ccccc1. The van der Waals surface area contributed by atoms with Gasteiger partial charge in [-0.3, -0.25) is 33.8 Å². The number of hydrogen-bond donors (Lipinski definition) is 3. The fourth-order valence-electron chi connectivity index (χ4n) is 6.70. The second-order valence-electron chi connectivity index (χ2n) is 15.3. The molecule has 0 atom stereocenters. The van der Waals surface area contributed by atoms with Crippen molar-refractivity contribution in [2.24, 2.45) is 0 Å². The van der Waals surface area contributed by atoms with Gasteiger partial charge in [0.2, 0.25) is 0 Å². The summed E-state index contributed by atoms with van der Waals surface area (Å²) in [4.78, 5) is 48.3. The number of hydrogen-bond acceptors (Lipinski definition) is 11. The number of nitro groups is 1. The van der Waals surface area contributed by atoms with Crippen molar-refractivity contribution >= 4 is 95.1 Å². The van der Waals surface area contributed by atoms with Crippen LogP contribution >= 0.6 is 50.5 Å². The Bertz CT molecular complexity index is 2900. The number of benzene rings is 6. The zero-order valence-electron chi connectivity index (χ0n) is 38.3. The lowest BCUT2D eigenvalue weighted by Crippen LogP contribution is -2.26. The highest BCUT2D eigenvalue weighted by Crippen LogP contribution is 2.61. The fourth-order valence-corrected chi connectivity index (χ4v) is 7.94. The lowest BCUT2D eigenvalue weighted by Gasteiger charge is -2.24. The quantitative estimate of drug-likeness (QED) is 0.0272. The molecule has 0 aliphatic heterocycles. The molecule has 0 heterocycles. The maximum absolute atomic E-state index is 13.5. The predicted octanol–water partition coefficient (Wildman–Crippen LogP) is 13.6. The van der Waals surface area contributed by atoms with Crippen molar-refractivity contribution in [2.45, 2.75) is 63.9 Å². The van der Waals surface area contributed by atoms with E-state index in [1.807, 2.05) is 37.3 Å². The average Bonchev–Trinajstić information content (AvgIpc) is 3.33. The van der Waals surface area contributed by atoms with Gasteiger partial charge < -0.3 is 20.5 Å². The second-order valence-corrected chi connectivity index (χ2v) is 24.1. The first-order chi connectivity index (χ1) is 33.2. The number of halogens is 4. The summed E-state index contributed by atoms with van der Waals surface area (Å²) < 4.78 is 50.1. The van der Waals surface area contributed by atoms with Crippen LogP contribution in [0.2, 0.25) is 5.02 Å². The number of carbonyl (C=O) groups excluding carboxylic acids is 3. The van der Waals surface area contributed by atoms with Crippen LogP contribution in [0.5, 0.6) is 11.5 Å². The number of carbonyl (C=O) groups is 3. The Labute approximate surface area is 426 Å². The van der Waals surface area contributed by atoms with Crippen molar-refractivity contribution < 1.29 is 41.8 Å². The molecular weight excluding hydrogens is 1020 g/mol. The number of aryl methyl sites for hydroxylation is 1. The number of para-hydroxylation sites is 1. The molecule has 70 heavy (non-hydrogen) atoms. The van der Waals surface area contributed by atoms with Crippen LogP contribution in [-0.2, 0) is 21.2 Å². The third kappa shape index (κ3) is 17.5. The van der Waals surface area contributed by atoms with Gasteiger partial charge in [0.1, 0.15) is 18.1 Å². The summed E-state index contributed by atoms with van der Waals surface area (Å²) in [6, 6.07) is 36.9. The molecule has 370 valence electrons. The van der Waals surface area contributed by atoms with Crippen LogP contribution in [0.1, 0.15) is 98.8 Å². The molecule has 6 aromatic rings. The van der Waals surface area contributed by atoms with Crippen molar-refractivity contribution in [2.75, 3.05) is 24.1 Å². The molecule has 7 rings (SSSR count). The molecule has 0 bridgehead atoms. The molecule has 1 aliphatic carbocycles. The topological polar surface area (TPSA) is 214 Å². The molecule has 0 fully saturated rings. The van der Waals surface area contributed by atoms with E-state index < -0.39 is 31.7 Å². The molecule has 1 amide bonds. The lowest BCUT2D eigenvalue weighted by molar-refractivity contribution is -0.384. The van der Waals surface area contributed by atoms with E-state index in [1.54, 1.807) is 79.8 Å². The maximum atomic E-state index is 13.5. The number of ketones is 2. The number of nitro benzene ring substituents is 1. The minimum atomic E-state index is -4.06. The Morgan fingerprint density at radius 2 is 1.29 bits per heavy atom. The van der Waals surface area contributed by atoms with Gasteiger partial charge in [0.05, 0.1) is 44.5 Å². The minimum absolute atomic E-state index is 0.0319. The number of nitrogens with zero attached hydrogens (tertiary/aromatic N) is 1. The number of fused-ring (bicyclic) bond motifs is 2. The van der Waals surface area contributed by atoms with Gasteiger partial charge in [0.25, 0.3) is 21.6 Å². The standard InChI is InChI=1S/C29H32N2O5S.C15H14ClNO2.C6H5NO2.Cl3OP/c1-3-4-5-6-7-10-17-36-24-18-23(31-37(34,35)20-15-13-19(2)14-16-20)25-26(27(24)30)29(33)22-12-9-8-11-21(22)28(25)32;1-17-15(18)13-9-12(16)7-8-14(13)19-10-11-5-3-2-4-6-11;8-7(9)6-4-2-1-3-5-6;1-5(2,3)4/h8-9,11-16,18,31H,3-7,10,17,30H2,1-2H3;2-9H,10H2,1H3,(H,17,18);1-5H;. The van der Waals surface area contributed by atoms with E-state index >= 15 is 0 Å². The number of nitrogen functional groups attached to an aromatic ring is 1. The Balaban J connectivity index is 0.000000265. The Hall–Kier alpha value is -5.93. The van der Waals surface area contributed by atoms with Crippen LogP contribution in [0.15, 0.2) is 138 Å². The van der Waals surface area contributed by atoms with Gasteiger partial charge in [0, 0.05) is 41.4 Å². The van der Waals surface area contributed by atoms with E-state index in [1.165, 1.54) is 49.6 Å². The molecule has 0 saturated heterocycles. The molecule has 1 aliphatic rings. The Kier molecular flexibility index (Phi) is 22.2. The van der Waals surface area contributed by atoms with Crippen LogP contribution in [-0.4, -0.2) is 44.5 Å². The van der Waals surface area contributed by atoms with Gasteiger partial charge in [-0.05, 0) is 83.0 Å². The van der Waals surface area contributed by atoms with Crippen LogP contribution < -0.4 is 25.2 Å². The van der Waals surface area contributed by atoms with E-state index in [0.29, 0.717) is 29.5 Å². The van der Waals surface area contributed by atoms with Crippen molar-refractivity contribution in [1.82, 2.24) is 5.32 Å². The molecule has 0 saturated carbocycles. The van der Waals surface area contributed by atoms with Gasteiger partial charge in [-0.15, -0.1) is 0 Å². The summed E-state index contributed by atoms with van der Waals surface area (Å²) in [5.41, 5.74) is 9.24. The highest BCUT2D eigenvalue weighted by molar-refractivity contribution is 8.24. The summed E-state index contributed by atoms with van der Waals surface area (Å²) >= 11 is 19.7. The van der Waals surface area contributed by atoms with Gasteiger partial charge in [0.15, 0.2) is 11.6 Å². The van der Waals surface area contributed by atoms with Gasteiger partial charge in [-0.25, -0.2) is 8.42 Å². The smallest absolute Gasteiger partial charge is 0.339 e. The Morgan fingerprint density at radius 3 is 1.84 bits per heavy atom. The molecule has 0 radical (unpaired) electrons. The summed E-state index contributed by atoms with van der Waals surface area (Å²) in [6.07, 6.45) is 6.41. The molecule has 0 aromatic heterocycles. The van der Waals surface area contributed by atoms with Crippen molar-refractivity contribution in [3.63, 3.8) is 0 Å². The monoisotopic (exact) mass is 1070 g/mol. The van der Waals surface area contributed by atoms with E-state index in [0.717, 1.165) is 30.4 Å². The van der Waals surface area contributed by atoms with Crippen LogP contribution in [0.25, 0.3) is 0 Å². The lowest BCUT2D eigenvalue weighted by atomic mass is 9.82. The van der Waals surface area contributed by atoms with E-state index in [4.69, 9.17) is 26.8 Å². The van der Waals surface area contributed by atoms with Gasteiger partial charge in [-0.1, -0.05) is 141 Å². The molecule has 0 unspecified atom stereocenters. The van der Waals surface area contributed by atoms with Gasteiger partial charge in [-0.2, -0.15) is 0 Å². The fraction of sp³-hybridized carbons (Fsp3) is 0.220. The van der Waals surface area contributed by atoms with Gasteiger partial charge >= 0.3 is 5.20 Å². The minimum Gasteiger partial charge on any atom is -0.491 e. The number of nitrogens with two attached hydrogens (primary N) is 1. The summed E-state index contributed by atoms with van der Waals surface area (Å²) in [7, 11) is -2.49. The number of rotatable bonds is 16. The summed E-state index contributed by atoms with van der Waals surface area (Å²) in [5, 5.41) is 9.86. The number of nitrogens with one attached hydrogen (secondary N) is 2. The molecule has 4 N–H and O–H groups in total. The molecular formula is C50H51Cl4N4O10PS. The van der Waals surface area contributed by atoms with Crippen molar-refractivity contribution in [3.8, 4) is 11.5 Å². The third-order valence-electron chi connectivity index (χ3n) is 10.1. The van der Waals surface area contributed by atoms with Crippen molar-refractivity contribution in [1.29, 1.82) is 0 Å².